The van der Waals surface area contributed by atoms with Crippen molar-refractivity contribution in [3.05, 3.63) is 35.4 Å². The number of hydrogen-bond acceptors (Lipinski definition) is 3. The minimum atomic E-state index is -0.254. The maximum atomic E-state index is 12.1. The van der Waals surface area contributed by atoms with Crippen molar-refractivity contribution in [2.75, 3.05) is 7.11 Å². The van der Waals surface area contributed by atoms with Crippen LogP contribution in [0.5, 0.6) is 0 Å². The number of rotatable bonds is 5. The van der Waals surface area contributed by atoms with Gasteiger partial charge < -0.3 is 4.74 Å². The molecular weight excluding hydrogens is 262 g/mol. The molecule has 0 aliphatic heterocycles. The zero-order valence-corrected chi connectivity index (χ0v) is 13.8. The highest BCUT2D eigenvalue weighted by atomic mass is 16.5. The summed E-state index contributed by atoms with van der Waals surface area (Å²) in [6.07, 6.45) is 1.98. The Balaban J connectivity index is 2.29. The van der Waals surface area contributed by atoms with E-state index in [0.29, 0.717) is 0 Å². The summed E-state index contributed by atoms with van der Waals surface area (Å²) in [4.78, 5) is 12.1. The molecule has 0 radical (unpaired) electrons. The molecule has 116 valence electrons. The fourth-order valence-electron chi connectivity index (χ4n) is 3.31. The summed E-state index contributed by atoms with van der Waals surface area (Å²) in [6.45, 7) is 8.73. The van der Waals surface area contributed by atoms with Crippen LogP contribution in [0.1, 0.15) is 51.3 Å². The molecule has 0 bridgehead atoms. The lowest BCUT2D eigenvalue weighted by molar-refractivity contribution is -0.145. The lowest BCUT2D eigenvalue weighted by Gasteiger charge is -2.33. The fraction of sp³-hybridized carbons (Fsp3) is 0.611. The fourth-order valence-corrected chi connectivity index (χ4v) is 3.31. The van der Waals surface area contributed by atoms with Crippen molar-refractivity contribution in [3.8, 4) is 0 Å². The van der Waals surface area contributed by atoms with Crippen LogP contribution in [0.15, 0.2) is 24.3 Å². The SMILES string of the molecule is CCC(C)C(NC1c2ccccc2CC1(C)C)C(=O)OC. The first-order valence-corrected chi connectivity index (χ1v) is 7.82. The van der Waals surface area contributed by atoms with E-state index in [1.54, 1.807) is 0 Å². The maximum Gasteiger partial charge on any atom is 0.323 e. The van der Waals surface area contributed by atoms with Gasteiger partial charge in [-0.15, -0.1) is 0 Å². The van der Waals surface area contributed by atoms with Gasteiger partial charge in [-0.1, -0.05) is 58.4 Å². The number of ether oxygens (including phenoxy) is 1. The van der Waals surface area contributed by atoms with Gasteiger partial charge in [-0.05, 0) is 28.9 Å². The van der Waals surface area contributed by atoms with Gasteiger partial charge in [-0.2, -0.15) is 0 Å². The van der Waals surface area contributed by atoms with Gasteiger partial charge in [-0.25, -0.2) is 0 Å². The van der Waals surface area contributed by atoms with E-state index < -0.39 is 0 Å². The molecular formula is C18H27NO2. The number of methoxy groups -OCH3 is 1. The van der Waals surface area contributed by atoms with Crippen molar-refractivity contribution in [2.45, 2.75) is 52.6 Å². The van der Waals surface area contributed by atoms with E-state index in [9.17, 15) is 4.79 Å². The van der Waals surface area contributed by atoms with Crippen LogP contribution < -0.4 is 5.32 Å². The smallest absolute Gasteiger partial charge is 0.323 e. The average molecular weight is 289 g/mol. The second-order valence-electron chi connectivity index (χ2n) is 6.85. The average Bonchev–Trinajstić information content (AvgIpc) is 2.73. The minimum Gasteiger partial charge on any atom is -0.468 e. The molecule has 0 spiro atoms. The molecule has 0 saturated heterocycles. The van der Waals surface area contributed by atoms with Gasteiger partial charge in [0.1, 0.15) is 6.04 Å². The van der Waals surface area contributed by atoms with E-state index in [2.05, 4.69) is 57.3 Å². The molecule has 1 N–H and O–H groups in total. The highest BCUT2D eigenvalue weighted by Crippen LogP contribution is 2.45. The van der Waals surface area contributed by atoms with E-state index in [4.69, 9.17) is 4.74 Å². The van der Waals surface area contributed by atoms with Gasteiger partial charge >= 0.3 is 5.97 Å². The Labute approximate surface area is 128 Å². The third kappa shape index (κ3) is 3.13. The topological polar surface area (TPSA) is 38.3 Å². The Morgan fingerprint density at radius 1 is 1.43 bits per heavy atom. The van der Waals surface area contributed by atoms with Crippen LogP contribution in [-0.4, -0.2) is 19.1 Å². The number of nitrogens with one attached hydrogen (secondary N) is 1. The summed E-state index contributed by atoms with van der Waals surface area (Å²) >= 11 is 0. The van der Waals surface area contributed by atoms with Crippen molar-refractivity contribution in [3.63, 3.8) is 0 Å². The molecule has 0 fully saturated rings. The van der Waals surface area contributed by atoms with Crippen molar-refractivity contribution < 1.29 is 9.53 Å². The summed E-state index contributed by atoms with van der Waals surface area (Å²) in [7, 11) is 1.47. The molecule has 3 unspecified atom stereocenters. The molecule has 1 aromatic rings. The summed E-state index contributed by atoms with van der Waals surface area (Å²) in [5.74, 6) is 0.0885. The molecule has 1 aromatic carbocycles. The number of fused-ring (bicyclic) bond motifs is 1. The monoisotopic (exact) mass is 289 g/mol. The molecule has 21 heavy (non-hydrogen) atoms. The van der Waals surface area contributed by atoms with E-state index in [1.807, 2.05) is 0 Å². The second-order valence-corrected chi connectivity index (χ2v) is 6.85. The molecule has 1 aliphatic rings. The third-order valence-corrected chi connectivity index (χ3v) is 4.81. The van der Waals surface area contributed by atoms with E-state index in [1.165, 1.54) is 18.2 Å². The van der Waals surface area contributed by atoms with E-state index in [0.717, 1.165) is 12.8 Å². The summed E-state index contributed by atoms with van der Waals surface area (Å²) in [6, 6.07) is 8.46. The Kier molecular flexibility index (Phi) is 4.72. The van der Waals surface area contributed by atoms with E-state index in [-0.39, 0.29) is 29.4 Å². The molecule has 0 heterocycles. The summed E-state index contributed by atoms with van der Waals surface area (Å²) < 4.78 is 5.00. The largest absolute Gasteiger partial charge is 0.468 e. The van der Waals surface area contributed by atoms with Gasteiger partial charge in [0.2, 0.25) is 0 Å². The lowest BCUT2D eigenvalue weighted by Crippen LogP contribution is -2.47. The minimum absolute atomic E-state index is 0.101. The Morgan fingerprint density at radius 3 is 2.71 bits per heavy atom. The molecule has 2 rings (SSSR count). The standard InChI is InChI=1S/C18H27NO2/c1-6-12(2)15(17(20)21-5)19-16-14-10-8-7-9-13(14)11-18(16,3)4/h7-10,12,15-16,19H,6,11H2,1-5H3. The summed E-state index contributed by atoms with van der Waals surface area (Å²) in [5.41, 5.74) is 2.80. The molecule has 3 nitrogen and oxygen atoms in total. The first-order chi connectivity index (χ1) is 9.90. The molecule has 0 saturated carbocycles. The molecule has 3 atom stereocenters. The van der Waals surface area contributed by atoms with Crippen LogP contribution in [0, 0.1) is 11.3 Å². The van der Waals surface area contributed by atoms with Crippen LogP contribution in [0.3, 0.4) is 0 Å². The maximum absolute atomic E-state index is 12.1. The van der Waals surface area contributed by atoms with Gasteiger partial charge in [-0.3, -0.25) is 10.1 Å². The molecule has 0 aromatic heterocycles. The van der Waals surface area contributed by atoms with Crippen molar-refractivity contribution >= 4 is 5.97 Å². The van der Waals surface area contributed by atoms with Crippen molar-refractivity contribution in [1.29, 1.82) is 0 Å². The zero-order chi connectivity index (χ0) is 15.6. The van der Waals surface area contributed by atoms with Crippen LogP contribution in [0.4, 0.5) is 0 Å². The second kappa shape index (κ2) is 6.18. The zero-order valence-electron chi connectivity index (χ0n) is 13.8. The predicted octanol–water partition coefficient (Wildman–Crippen LogP) is 3.49. The number of carbonyl (C=O) groups is 1. The van der Waals surface area contributed by atoms with Crippen LogP contribution in [0.25, 0.3) is 0 Å². The highest BCUT2D eigenvalue weighted by Gasteiger charge is 2.41. The quantitative estimate of drug-likeness (QED) is 0.843. The Hall–Kier alpha value is -1.35. The van der Waals surface area contributed by atoms with Crippen LogP contribution in [-0.2, 0) is 16.0 Å². The summed E-state index contributed by atoms with van der Waals surface area (Å²) in [5, 5.41) is 3.59. The number of benzene rings is 1. The molecule has 1 aliphatic carbocycles. The Bertz CT molecular complexity index is 510. The number of carbonyl (C=O) groups excluding carboxylic acids is 1. The first kappa shape index (κ1) is 16.0. The van der Waals surface area contributed by atoms with Gasteiger partial charge in [0, 0.05) is 6.04 Å². The number of esters is 1. The van der Waals surface area contributed by atoms with Crippen molar-refractivity contribution in [1.82, 2.24) is 5.32 Å². The predicted molar refractivity (Wildman–Crippen MR) is 85.1 cm³/mol. The highest BCUT2D eigenvalue weighted by molar-refractivity contribution is 5.76. The third-order valence-electron chi connectivity index (χ3n) is 4.81. The normalized spacial score (nSPS) is 22.4. The van der Waals surface area contributed by atoms with Crippen LogP contribution in [0.2, 0.25) is 0 Å². The van der Waals surface area contributed by atoms with E-state index >= 15 is 0 Å². The van der Waals surface area contributed by atoms with Crippen molar-refractivity contribution in [2.24, 2.45) is 11.3 Å². The number of hydrogen-bond donors (Lipinski definition) is 1. The lowest BCUT2D eigenvalue weighted by atomic mass is 9.84. The first-order valence-electron chi connectivity index (χ1n) is 7.82. The van der Waals surface area contributed by atoms with Gasteiger partial charge in [0.05, 0.1) is 7.11 Å². The van der Waals surface area contributed by atoms with Crippen LogP contribution >= 0.6 is 0 Å². The molecule has 0 amide bonds. The van der Waals surface area contributed by atoms with Gasteiger partial charge in [0.15, 0.2) is 0 Å². The van der Waals surface area contributed by atoms with Gasteiger partial charge in [0.25, 0.3) is 0 Å². The Morgan fingerprint density at radius 2 is 2.10 bits per heavy atom. The molecule has 3 heteroatoms.